The van der Waals surface area contributed by atoms with Crippen molar-refractivity contribution in [1.82, 2.24) is 10.2 Å². The minimum absolute atomic E-state index is 0.0800. The fraction of sp³-hybridized carbons (Fsp3) is 0.632. The lowest BCUT2D eigenvalue weighted by molar-refractivity contribution is -0.121. The van der Waals surface area contributed by atoms with Gasteiger partial charge in [-0.05, 0) is 24.5 Å². The third-order valence-electron chi connectivity index (χ3n) is 4.68. The van der Waals surface area contributed by atoms with Crippen LogP contribution >= 0.6 is 0 Å². The number of anilines is 1. The zero-order chi connectivity index (χ0) is 17.4. The molecule has 0 aliphatic carbocycles. The largest absolute Gasteiger partial charge is 0.393 e. The van der Waals surface area contributed by atoms with Gasteiger partial charge in [0, 0.05) is 51.4 Å². The van der Waals surface area contributed by atoms with Crippen molar-refractivity contribution in [2.24, 2.45) is 5.92 Å². The molecule has 5 heteroatoms. The molecule has 1 fully saturated rings. The number of nitrogens with one attached hydrogen (secondary N) is 1. The molecule has 0 bridgehead atoms. The first-order valence-electron chi connectivity index (χ1n) is 9.03. The first kappa shape index (κ1) is 18.7. The summed E-state index contributed by atoms with van der Waals surface area (Å²) in [6.07, 6.45) is 0.818. The van der Waals surface area contributed by atoms with Crippen LogP contribution in [-0.2, 0) is 4.79 Å². The lowest BCUT2D eigenvalue weighted by Crippen LogP contribution is -2.47. The van der Waals surface area contributed by atoms with Crippen LogP contribution in [0.4, 0.5) is 5.69 Å². The van der Waals surface area contributed by atoms with E-state index in [1.807, 2.05) is 19.9 Å². The Bertz CT molecular complexity index is 485. The average Bonchev–Trinajstić information content (AvgIpc) is 2.61. The summed E-state index contributed by atoms with van der Waals surface area (Å²) in [7, 11) is 0. The van der Waals surface area contributed by atoms with E-state index in [2.05, 4.69) is 39.4 Å². The second kappa shape index (κ2) is 9.64. The normalized spacial score (nSPS) is 17.1. The number of hydrogen-bond donors (Lipinski definition) is 2. The summed E-state index contributed by atoms with van der Waals surface area (Å²) >= 11 is 0. The van der Waals surface area contributed by atoms with Crippen molar-refractivity contribution >= 4 is 11.6 Å². The Hall–Kier alpha value is -1.59. The molecular weight excluding hydrogens is 302 g/mol. The Balaban J connectivity index is 1.59. The van der Waals surface area contributed by atoms with E-state index in [9.17, 15) is 9.90 Å². The van der Waals surface area contributed by atoms with Crippen LogP contribution in [0.1, 0.15) is 26.7 Å². The first-order chi connectivity index (χ1) is 11.6. The highest BCUT2D eigenvalue weighted by molar-refractivity contribution is 5.76. The number of rotatable bonds is 8. The highest BCUT2D eigenvalue weighted by Gasteiger charge is 2.17. The molecule has 1 aromatic rings. The standard InChI is InChI=1S/C19H31N3O2/c1-16(2)18(23)8-10-20-19(24)9-11-21-12-14-22(15-13-21)17-6-4-3-5-7-17/h3-7,16,18,23H,8-15H2,1-2H3,(H,20,24). The van der Waals surface area contributed by atoms with E-state index in [0.29, 0.717) is 19.4 Å². The van der Waals surface area contributed by atoms with Crippen LogP contribution in [0.15, 0.2) is 30.3 Å². The molecule has 1 heterocycles. The predicted molar refractivity (Wildman–Crippen MR) is 98.2 cm³/mol. The Morgan fingerprint density at radius 3 is 2.46 bits per heavy atom. The molecule has 134 valence electrons. The molecule has 0 aromatic heterocycles. The van der Waals surface area contributed by atoms with E-state index in [1.54, 1.807) is 0 Å². The van der Waals surface area contributed by atoms with Gasteiger partial charge in [0.15, 0.2) is 0 Å². The lowest BCUT2D eigenvalue weighted by atomic mass is 10.0. The quantitative estimate of drug-likeness (QED) is 0.761. The summed E-state index contributed by atoms with van der Waals surface area (Å²) in [6.45, 7) is 9.34. The van der Waals surface area contributed by atoms with Gasteiger partial charge in [-0.3, -0.25) is 9.69 Å². The Morgan fingerprint density at radius 1 is 1.17 bits per heavy atom. The molecule has 1 saturated heterocycles. The highest BCUT2D eigenvalue weighted by atomic mass is 16.3. The zero-order valence-electron chi connectivity index (χ0n) is 14.9. The summed E-state index contributed by atoms with van der Waals surface area (Å²) in [6, 6.07) is 10.5. The number of aliphatic hydroxyl groups is 1. The fourth-order valence-electron chi connectivity index (χ4n) is 2.91. The summed E-state index contributed by atoms with van der Waals surface area (Å²) in [5.41, 5.74) is 1.28. The summed E-state index contributed by atoms with van der Waals surface area (Å²) in [5, 5.41) is 12.6. The van der Waals surface area contributed by atoms with Gasteiger partial charge in [0.1, 0.15) is 0 Å². The molecular formula is C19H31N3O2. The highest BCUT2D eigenvalue weighted by Crippen LogP contribution is 2.15. The molecule has 2 N–H and O–H groups in total. The molecule has 0 spiro atoms. The molecule has 1 aliphatic rings. The van der Waals surface area contributed by atoms with Crippen LogP contribution in [0.25, 0.3) is 0 Å². The average molecular weight is 333 g/mol. The summed E-state index contributed by atoms with van der Waals surface area (Å²) < 4.78 is 0. The molecule has 0 saturated carbocycles. The molecule has 1 amide bonds. The van der Waals surface area contributed by atoms with Crippen molar-refractivity contribution in [1.29, 1.82) is 0 Å². The predicted octanol–water partition coefficient (Wildman–Crippen LogP) is 1.72. The lowest BCUT2D eigenvalue weighted by Gasteiger charge is -2.36. The van der Waals surface area contributed by atoms with Crippen LogP contribution in [-0.4, -0.2) is 61.3 Å². The molecule has 2 rings (SSSR count). The van der Waals surface area contributed by atoms with Gasteiger partial charge in [-0.2, -0.15) is 0 Å². The van der Waals surface area contributed by atoms with Crippen LogP contribution in [0.2, 0.25) is 0 Å². The number of piperazine rings is 1. The maximum absolute atomic E-state index is 11.9. The van der Waals surface area contributed by atoms with Crippen LogP contribution in [0, 0.1) is 5.92 Å². The van der Waals surface area contributed by atoms with E-state index < -0.39 is 0 Å². The number of carbonyl (C=O) groups is 1. The van der Waals surface area contributed by atoms with E-state index in [0.717, 1.165) is 32.7 Å². The third-order valence-corrected chi connectivity index (χ3v) is 4.68. The van der Waals surface area contributed by atoms with E-state index in [1.165, 1.54) is 5.69 Å². The number of aliphatic hydroxyl groups excluding tert-OH is 1. The van der Waals surface area contributed by atoms with Crippen LogP contribution < -0.4 is 10.2 Å². The van der Waals surface area contributed by atoms with Gasteiger partial charge in [-0.25, -0.2) is 0 Å². The van der Waals surface area contributed by atoms with Crippen molar-refractivity contribution < 1.29 is 9.90 Å². The van der Waals surface area contributed by atoms with Crippen molar-refractivity contribution in [3.8, 4) is 0 Å². The fourth-order valence-corrected chi connectivity index (χ4v) is 2.91. The number of amides is 1. The molecule has 1 atom stereocenters. The monoisotopic (exact) mass is 333 g/mol. The number of hydrogen-bond acceptors (Lipinski definition) is 4. The second-order valence-corrected chi connectivity index (χ2v) is 6.86. The topological polar surface area (TPSA) is 55.8 Å². The number of carbonyl (C=O) groups excluding carboxylic acids is 1. The first-order valence-corrected chi connectivity index (χ1v) is 9.03. The van der Waals surface area contributed by atoms with E-state index in [-0.39, 0.29) is 17.9 Å². The van der Waals surface area contributed by atoms with Gasteiger partial charge in [0.05, 0.1) is 6.10 Å². The number of benzene rings is 1. The molecule has 0 radical (unpaired) electrons. The van der Waals surface area contributed by atoms with E-state index in [4.69, 9.17) is 0 Å². The zero-order valence-corrected chi connectivity index (χ0v) is 14.9. The minimum Gasteiger partial charge on any atom is -0.393 e. The Morgan fingerprint density at radius 2 is 1.83 bits per heavy atom. The molecule has 1 unspecified atom stereocenters. The van der Waals surface area contributed by atoms with Gasteiger partial charge >= 0.3 is 0 Å². The molecule has 1 aliphatic heterocycles. The Kier molecular flexibility index (Phi) is 7.53. The molecule has 1 aromatic carbocycles. The van der Waals surface area contributed by atoms with Gasteiger partial charge in [-0.1, -0.05) is 32.0 Å². The minimum atomic E-state index is -0.337. The van der Waals surface area contributed by atoms with Gasteiger partial charge in [0.25, 0.3) is 0 Å². The Labute approximate surface area is 145 Å². The van der Waals surface area contributed by atoms with Crippen LogP contribution in [0.5, 0.6) is 0 Å². The summed E-state index contributed by atoms with van der Waals surface area (Å²) in [4.78, 5) is 16.6. The van der Waals surface area contributed by atoms with E-state index >= 15 is 0 Å². The van der Waals surface area contributed by atoms with Crippen molar-refractivity contribution in [2.75, 3.05) is 44.2 Å². The van der Waals surface area contributed by atoms with Crippen molar-refractivity contribution in [3.05, 3.63) is 30.3 Å². The maximum atomic E-state index is 11.9. The number of para-hydroxylation sites is 1. The summed E-state index contributed by atoms with van der Waals surface area (Å²) in [5.74, 6) is 0.319. The molecule has 24 heavy (non-hydrogen) atoms. The SMILES string of the molecule is CC(C)C(O)CCNC(=O)CCN1CCN(c2ccccc2)CC1. The van der Waals surface area contributed by atoms with Crippen LogP contribution in [0.3, 0.4) is 0 Å². The molecule has 5 nitrogen and oxygen atoms in total. The van der Waals surface area contributed by atoms with Crippen molar-refractivity contribution in [3.63, 3.8) is 0 Å². The number of nitrogens with zero attached hydrogens (tertiary/aromatic N) is 2. The maximum Gasteiger partial charge on any atom is 0.221 e. The van der Waals surface area contributed by atoms with Gasteiger partial charge in [-0.15, -0.1) is 0 Å². The second-order valence-electron chi connectivity index (χ2n) is 6.86. The van der Waals surface area contributed by atoms with Gasteiger partial charge in [0.2, 0.25) is 5.91 Å². The van der Waals surface area contributed by atoms with Gasteiger partial charge < -0.3 is 15.3 Å². The smallest absolute Gasteiger partial charge is 0.221 e. The third kappa shape index (κ3) is 6.13. The van der Waals surface area contributed by atoms with Crippen molar-refractivity contribution in [2.45, 2.75) is 32.8 Å².